The van der Waals surface area contributed by atoms with Crippen molar-refractivity contribution in [3.63, 3.8) is 0 Å². The molecule has 0 amide bonds. The first kappa shape index (κ1) is 22.1. The van der Waals surface area contributed by atoms with Gasteiger partial charge in [-0.05, 0) is 48.5 Å². The van der Waals surface area contributed by atoms with Crippen molar-refractivity contribution in [2.75, 3.05) is 7.11 Å². The molecule has 3 aromatic rings. The first-order valence-corrected chi connectivity index (χ1v) is 11.2. The lowest BCUT2D eigenvalue weighted by Gasteiger charge is -2.32. The van der Waals surface area contributed by atoms with Crippen LogP contribution in [0.4, 0.5) is 0 Å². The molecule has 0 aliphatic heterocycles. The Morgan fingerprint density at radius 2 is 1.80 bits per heavy atom. The summed E-state index contributed by atoms with van der Waals surface area (Å²) in [5, 5.41) is 0.893. The van der Waals surface area contributed by atoms with Gasteiger partial charge in [0.1, 0.15) is 18.1 Å². The Kier molecular flexibility index (Phi) is 7.29. The first-order chi connectivity index (χ1) is 14.5. The minimum Gasteiger partial charge on any atom is -0.497 e. The highest BCUT2D eigenvalue weighted by atomic mass is 31.1. The third-order valence-electron chi connectivity index (χ3n) is 5.47. The van der Waals surface area contributed by atoms with Gasteiger partial charge in [0, 0.05) is 16.3 Å². The molecule has 0 bridgehead atoms. The molecule has 0 aliphatic rings. The number of ether oxygens (including phenoxy) is 2. The monoisotopic (exact) mass is 420 g/mol. The minimum atomic E-state index is -0.187. The van der Waals surface area contributed by atoms with Crippen LogP contribution in [0.3, 0.4) is 0 Å². The number of aldehydes is 1. The molecule has 30 heavy (non-hydrogen) atoms. The summed E-state index contributed by atoms with van der Waals surface area (Å²) in [5.74, 6) is 1.66. The lowest BCUT2D eigenvalue weighted by molar-refractivity contribution is 0.112. The smallest absolute Gasteiger partial charge is 0.150 e. The number of carbonyl (C=O) groups excluding carboxylic acids is 1. The summed E-state index contributed by atoms with van der Waals surface area (Å²) in [6, 6.07) is 22.3. The second-order valence-corrected chi connectivity index (χ2v) is 9.55. The van der Waals surface area contributed by atoms with E-state index >= 15 is 0 Å². The second kappa shape index (κ2) is 9.91. The molecule has 0 aromatic heterocycles. The SMILES string of the molecule is CCC(C)(Pc1ccc(C)cc1C=O)c1cc(OC)ccc1OCc1ccccc1. The van der Waals surface area contributed by atoms with Gasteiger partial charge in [0.2, 0.25) is 0 Å². The van der Waals surface area contributed by atoms with E-state index in [1.165, 1.54) is 0 Å². The molecule has 0 heterocycles. The lowest BCUT2D eigenvalue weighted by Crippen LogP contribution is -2.21. The van der Waals surface area contributed by atoms with Crippen LogP contribution in [0.1, 0.15) is 47.3 Å². The van der Waals surface area contributed by atoms with E-state index in [-0.39, 0.29) is 5.16 Å². The average Bonchev–Trinajstić information content (AvgIpc) is 2.79. The summed E-state index contributed by atoms with van der Waals surface area (Å²) in [5.41, 5.74) is 4.09. The van der Waals surface area contributed by atoms with Crippen molar-refractivity contribution in [1.82, 2.24) is 0 Å². The molecular weight excluding hydrogens is 391 g/mol. The van der Waals surface area contributed by atoms with E-state index in [1.54, 1.807) is 7.11 Å². The molecular formula is C26H29O3P. The van der Waals surface area contributed by atoms with Gasteiger partial charge in [-0.3, -0.25) is 4.79 Å². The van der Waals surface area contributed by atoms with E-state index < -0.39 is 0 Å². The molecule has 2 atom stereocenters. The van der Waals surface area contributed by atoms with E-state index in [2.05, 4.69) is 44.2 Å². The van der Waals surface area contributed by atoms with Crippen LogP contribution in [0.2, 0.25) is 0 Å². The zero-order chi connectivity index (χ0) is 21.6. The largest absolute Gasteiger partial charge is 0.497 e. The third kappa shape index (κ3) is 5.09. The van der Waals surface area contributed by atoms with Gasteiger partial charge >= 0.3 is 0 Å². The number of rotatable bonds is 9. The van der Waals surface area contributed by atoms with Crippen LogP contribution in [0, 0.1) is 6.92 Å². The highest BCUT2D eigenvalue weighted by Gasteiger charge is 2.30. The minimum absolute atomic E-state index is 0.187. The molecule has 0 N–H and O–H groups in total. The van der Waals surface area contributed by atoms with Crippen LogP contribution in [-0.4, -0.2) is 13.4 Å². The van der Waals surface area contributed by atoms with Gasteiger partial charge in [-0.1, -0.05) is 70.5 Å². The topological polar surface area (TPSA) is 35.5 Å². The van der Waals surface area contributed by atoms with Crippen LogP contribution in [-0.2, 0) is 11.8 Å². The molecule has 3 aromatic carbocycles. The number of hydrogen-bond acceptors (Lipinski definition) is 3. The number of benzene rings is 3. The summed E-state index contributed by atoms with van der Waals surface area (Å²) in [7, 11) is 2.11. The Hall–Kier alpha value is -2.64. The quantitative estimate of drug-likeness (QED) is 0.313. The normalized spacial score (nSPS) is 13.2. The zero-order valence-corrected chi connectivity index (χ0v) is 19.1. The number of carbonyl (C=O) groups is 1. The molecule has 156 valence electrons. The predicted octanol–water partition coefficient (Wildman–Crippen LogP) is 6.02. The summed E-state index contributed by atoms with van der Waals surface area (Å²) in [6.45, 7) is 6.94. The number of aryl methyl sites for hydroxylation is 1. The van der Waals surface area contributed by atoms with Crippen LogP contribution in [0.25, 0.3) is 0 Å². The van der Waals surface area contributed by atoms with Crippen molar-refractivity contribution in [2.45, 2.75) is 39.0 Å². The van der Waals surface area contributed by atoms with Gasteiger partial charge in [0.05, 0.1) is 7.11 Å². The summed E-state index contributed by atoms with van der Waals surface area (Å²) < 4.78 is 11.8. The molecule has 2 unspecified atom stereocenters. The maximum atomic E-state index is 11.7. The Morgan fingerprint density at radius 3 is 2.47 bits per heavy atom. The number of hydrogen-bond donors (Lipinski definition) is 0. The van der Waals surface area contributed by atoms with E-state index in [0.29, 0.717) is 15.2 Å². The number of methoxy groups -OCH3 is 1. The van der Waals surface area contributed by atoms with Gasteiger partial charge in [0.25, 0.3) is 0 Å². The zero-order valence-electron chi connectivity index (χ0n) is 18.1. The maximum absolute atomic E-state index is 11.7. The predicted molar refractivity (Wildman–Crippen MR) is 126 cm³/mol. The lowest BCUT2D eigenvalue weighted by atomic mass is 9.96. The van der Waals surface area contributed by atoms with E-state index in [0.717, 1.165) is 51.8 Å². The Morgan fingerprint density at radius 1 is 1.03 bits per heavy atom. The van der Waals surface area contributed by atoms with Crippen LogP contribution in [0.15, 0.2) is 66.7 Å². The van der Waals surface area contributed by atoms with Crippen molar-refractivity contribution >= 4 is 20.2 Å². The van der Waals surface area contributed by atoms with Gasteiger partial charge in [-0.25, -0.2) is 0 Å². The molecule has 4 heteroatoms. The van der Waals surface area contributed by atoms with Gasteiger partial charge < -0.3 is 9.47 Å². The molecule has 0 fully saturated rings. The van der Waals surface area contributed by atoms with E-state index in [9.17, 15) is 4.79 Å². The standard InChI is InChI=1S/C26H29O3P/c1-5-26(3,30-25-14-11-19(2)15-21(25)17-27)23-16-22(28-4)12-13-24(23)29-18-20-9-7-6-8-10-20/h6-17,30H,5,18H2,1-4H3. The fourth-order valence-corrected chi connectivity index (χ4v) is 5.01. The molecule has 3 rings (SSSR count). The Balaban J connectivity index is 1.98. The van der Waals surface area contributed by atoms with Gasteiger partial charge in [0.15, 0.2) is 6.29 Å². The Labute approximate surface area is 181 Å². The van der Waals surface area contributed by atoms with Crippen molar-refractivity contribution in [3.8, 4) is 11.5 Å². The van der Waals surface area contributed by atoms with Crippen LogP contribution >= 0.6 is 8.58 Å². The summed E-state index contributed by atoms with van der Waals surface area (Å²) >= 11 is 0. The van der Waals surface area contributed by atoms with Crippen molar-refractivity contribution < 1.29 is 14.3 Å². The van der Waals surface area contributed by atoms with Crippen molar-refractivity contribution in [1.29, 1.82) is 0 Å². The fraction of sp³-hybridized carbons (Fsp3) is 0.269. The van der Waals surface area contributed by atoms with E-state index in [1.807, 2.05) is 43.3 Å². The summed E-state index contributed by atoms with van der Waals surface area (Å²) in [6.07, 6.45) is 1.87. The van der Waals surface area contributed by atoms with Crippen LogP contribution < -0.4 is 14.8 Å². The highest BCUT2D eigenvalue weighted by molar-refractivity contribution is 7.48. The van der Waals surface area contributed by atoms with E-state index in [4.69, 9.17) is 9.47 Å². The molecule has 0 radical (unpaired) electrons. The third-order valence-corrected chi connectivity index (χ3v) is 7.37. The fourth-order valence-electron chi connectivity index (χ4n) is 3.47. The van der Waals surface area contributed by atoms with Gasteiger partial charge in [-0.2, -0.15) is 0 Å². The highest BCUT2D eigenvalue weighted by Crippen LogP contribution is 2.48. The first-order valence-electron chi connectivity index (χ1n) is 10.2. The van der Waals surface area contributed by atoms with Crippen molar-refractivity contribution in [2.24, 2.45) is 0 Å². The molecule has 0 saturated heterocycles. The summed E-state index contributed by atoms with van der Waals surface area (Å²) in [4.78, 5) is 11.7. The van der Waals surface area contributed by atoms with Crippen LogP contribution in [0.5, 0.6) is 11.5 Å². The molecule has 0 spiro atoms. The molecule has 0 saturated carbocycles. The average molecular weight is 420 g/mol. The molecule has 0 aliphatic carbocycles. The second-order valence-electron chi connectivity index (χ2n) is 7.66. The van der Waals surface area contributed by atoms with Crippen molar-refractivity contribution in [3.05, 3.63) is 89.0 Å². The van der Waals surface area contributed by atoms with Gasteiger partial charge in [-0.15, -0.1) is 0 Å². The Bertz CT molecular complexity index is 1000. The molecule has 3 nitrogen and oxygen atoms in total. The maximum Gasteiger partial charge on any atom is 0.150 e.